The van der Waals surface area contributed by atoms with E-state index in [9.17, 15) is 0 Å². The van der Waals surface area contributed by atoms with Gasteiger partial charge in [-0.05, 0) is 42.5 Å². The van der Waals surface area contributed by atoms with Crippen molar-refractivity contribution in [1.29, 1.82) is 0 Å². The van der Waals surface area contributed by atoms with Crippen LogP contribution >= 0.6 is 11.3 Å². The lowest BCUT2D eigenvalue weighted by atomic mass is 10.0. The quantitative estimate of drug-likeness (QED) is 0.179. The summed E-state index contributed by atoms with van der Waals surface area (Å²) in [6.07, 6.45) is 0. The van der Waals surface area contributed by atoms with Gasteiger partial charge in [-0.25, -0.2) is 15.0 Å². The van der Waals surface area contributed by atoms with E-state index in [2.05, 4.69) is 180 Å². The van der Waals surface area contributed by atoms with Crippen LogP contribution in [0, 0.1) is 0 Å². The van der Waals surface area contributed by atoms with Crippen LogP contribution in [0.25, 0.3) is 104 Å². The van der Waals surface area contributed by atoms with Gasteiger partial charge in [-0.1, -0.05) is 140 Å². The average molecular weight is 707 g/mol. The number of aromatic nitrogens is 4. The van der Waals surface area contributed by atoms with Gasteiger partial charge in [0.2, 0.25) is 0 Å². The van der Waals surface area contributed by atoms with E-state index < -0.39 is 0 Å². The Balaban J connectivity index is 1.07. The molecule has 0 saturated carbocycles. The van der Waals surface area contributed by atoms with Gasteiger partial charge in [0, 0.05) is 64.3 Å². The monoisotopic (exact) mass is 706 g/mol. The maximum Gasteiger partial charge on any atom is 0.160 e. The zero-order valence-electron chi connectivity index (χ0n) is 29.0. The molecule has 0 radical (unpaired) electrons. The molecule has 0 N–H and O–H groups in total. The predicted molar refractivity (Wildman–Crippen MR) is 226 cm³/mol. The van der Waals surface area contributed by atoms with E-state index in [1.54, 1.807) is 0 Å². The molecule has 0 unspecified atom stereocenters. The fraction of sp³-hybridized carbons (Fsp3) is 0. The minimum Gasteiger partial charge on any atom is -0.309 e. The second kappa shape index (κ2) is 12.3. The summed E-state index contributed by atoms with van der Waals surface area (Å²) >= 11 is 1.83. The van der Waals surface area contributed by atoms with Crippen molar-refractivity contribution in [3.05, 3.63) is 182 Å². The molecule has 11 rings (SSSR count). The van der Waals surface area contributed by atoms with Crippen LogP contribution in [0.5, 0.6) is 0 Å². The molecule has 0 amide bonds. The molecule has 4 heterocycles. The van der Waals surface area contributed by atoms with E-state index >= 15 is 0 Å². The van der Waals surface area contributed by atoms with Crippen molar-refractivity contribution in [1.82, 2.24) is 19.5 Å². The summed E-state index contributed by atoms with van der Waals surface area (Å²) in [5.74, 6) is 0.666. The van der Waals surface area contributed by atoms with Gasteiger partial charge in [0.25, 0.3) is 0 Å². The first-order valence-electron chi connectivity index (χ1n) is 18.1. The summed E-state index contributed by atoms with van der Waals surface area (Å²) in [6, 6.07) is 64.1. The van der Waals surface area contributed by atoms with Gasteiger partial charge < -0.3 is 4.57 Å². The van der Waals surface area contributed by atoms with Gasteiger partial charge in [0.1, 0.15) is 0 Å². The van der Waals surface area contributed by atoms with Crippen molar-refractivity contribution in [2.45, 2.75) is 0 Å². The van der Waals surface area contributed by atoms with E-state index in [1.165, 1.54) is 42.0 Å². The second-order valence-electron chi connectivity index (χ2n) is 13.6. The largest absolute Gasteiger partial charge is 0.309 e. The Hall–Kier alpha value is -6.95. The summed E-state index contributed by atoms with van der Waals surface area (Å²) in [5.41, 5.74) is 11.3. The number of fused-ring (bicyclic) bond motifs is 8. The Bertz CT molecular complexity index is 3150. The highest BCUT2D eigenvalue weighted by atomic mass is 32.1. The lowest BCUT2D eigenvalue weighted by Crippen LogP contribution is -1.97. The van der Waals surface area contributed by atoms with Gasteiger partial charge in [-0.3, -0.25) is 0 Å². The van der Waals surface area contributed by atoms with E-state index in [-0.39, 0.29) is 0 Å². The number of nitrogens with zero attached hydrogens (tertiary/aromatic N) is 4. The number of benzene rings is 7. The molecule has 0 fully saturated rings. The summed E-state index contributed by atoms with van der Waals surface area (Å²) in [4.78, 5) is 15.8. The van der Waals surface area contributed by atoms with E-state index in [4.69, 9.17) is 15.0 Å². The van der Waals surface area contributed by atoms with Gasteiger partial charge in [-0.2, -0.15) is 0 Å². The number of hydrogen-bond donors (Lipinski definition) is 0. The third-order valence-corrected chi connectivity index (χ3v) is 11.6. The van der Waals surface area contributed by atoms with Crippen LogP contribution in [0.1, 0.15) is 0 Å². The van der Waals surface area contributed by atoms with Gasteiger partial charge >= 0.3 is 0 Å². The van der Waals surface area contributed by atoms with Crippen molar-refractivity contribution >= 4 is 64.2 Å². The highest BCUT2D eigenvalue weighted by Crippen LogP contribution is 2.43. The van der Waals surface area contributed by atoms with Crippen LogP contribution in [-0.2, 0) is 0 Å². The third-order valence-electron chi connectivity index (χ3n) is 10.4. The summed E-state index contributed by atoms with van der Waals surface area (Å²) in [7, 11) is 0. The summed E-state index contributed by atoms with van der Waals surface area (Å²) in [6.45, 7) is 0. The highest BCUT2D eigenvalue weighted by Gasteiger charge is 2.18. The van der Waals surface area contributed by atoms with Crippen LogP contribution in [0.3, 0.4) is 0 Å². The maximum absolute atomic E-state index is 5.37. The SMILES string of the molecule is c1ccc(-c2cc(-c3ccc(-n4c5ccccc5c5ccccc54)cc3)nc(-c3ccc4c(c3)nc(-c3ccccc3)c3c5ccccc5sc43)n2)cc1. The lowest BCUT2D eigenvalue weighted by Gasteiger charge is -2.12. The number of hydrogen-bond acceptors (Lipinski definition) is 4. The van der Waals surface area contributed by atoms with Crippen molar-refractivity contribution in [2.24, 2.45) is 0 Å². The van der Waals surface area contributed by atoms with Crippen LogP contribution in [0.15, 0.2) is 182 Å². The molecule has 5 heteroatoms. The van der Waals surface area contributed by atoms with Gasteiger partial charge in [0.05, 0.1) is 33.6 Å². The molecule has 11 aromatic rings. The molecule has 7 aromatic carbocycles. The van der Waals surface area contributed by atoms with E-state index in [0.29, 0.717) is 5.82 Å². The zero-order valence-corrected chi connectivity index (χ0v) is 29.8. The first kappa shape index (κ1) is 30.7. The van der Waals surface area contributed by atoms with E-state index in [1.807, 2.05) is 17.4 Å². The van der Waals surface area contributed by atoms with E-state index in [0.717, 1.165) is 55.9 Å². The average Bonchev–Trinajstić information content (AvgIpc) is 3.80. The molecular formula is C49H30N4S. The van der Waals surface area contributed by atoms with Crippen LogP contribution in [-0.4, -0.2) is 19.5 Å². The Morgan fingerprint density at radius 2 is 0.963 bits per heavy atom. The minimum absolute atomic E-state index is 0.666. The predicted octanol–water partition coefficient (Wildman–Crippen LogP) is 13.2. The standard InChI is InChI=1S/C49H30N4S/c1-3-13-31(14-4-1)40-30-41(32-23-26-35(27-24-32)53-43-20-10-7-17-36(43)37-18-8-11-21-44(37)53)52-49(51-40)34-25-28-38-42(29-34)50-47(33-15-5-2-6-16-33)46-39-19-9-12-22-45(39)54-48(38)46/h1-30H. The Kier molecular flexibility index (Phi) is 7.00. The zero-order chi connectivity index (χ0) is 35.6. The first-order valence-corrected chi connectivity index (χ1v) is 18.9. The number of pyridine rings is 1. The molecule has 54 heavy (non-hydrogen) atoms. The smallest absolute Gasteiger partial charge is 0.160 e. The number of para-hydroxylation sites is 2. The second-order valence-corrected chi connectivity index (χ2v) is 14.7. The molecule has 4 aromatic heterocycles. The van der Waals surface area contributed by atoms with Crippen molar-refractivity contribution in [3.8, 4) is 50.8 Å². The molecule has 252 valence electrons. The van der Waals surface area contributed by atoms with Crippen molar-refractivity contribution in [2.75, 3.05) is 0 Å². The van der Waals surface area contributed by atoms with Crippen LogP contribution in [0.2, 0.25) is 0 Å². The third kappa shape index (κ3) is 4.94. The fourth-order valence-corrected chi connectivity index (χ4v) is 9.11. The highest BCUT2D eigenvalue weighted by molar-refractivity contribution is 7.26. The van der Waals surface area contributed by atoms with Gasteiger partial charge in [-0.15, -0.1) is 11.3 Å². The Morgan fingerprint density at radius 3 is 1.65 bits per heavy atom. The number of thiophene rings is 1. The topological polar surface area (TPSA) is 43.6 Å². The summed E-state index contributed by atoms with van der Waals surface area (Å²) < 4.78 is 4.85. The molecule has 0 bridgehead atoms. The fourth-order valence-electron chi connectivity index (χ4n) is 7.87. The molecule has 0 aliphatic carbocycles. The lowest BCUT2D eigenvalue weighted by molar-refractivity contribution is 1.17. The molecule has 0 atom stereocenters. The molecule has 0 saturated heterocycles. The molecule has 0 aliphatic heterocycles. The van der Waals surface area contributed by atoms with Crippen molar-refractivity contribution < 1.29 is 0 Å². The first-order chi connectivity index (χ1) is 26.8. The minimum atomic E-state index is 0.666. The number of rotatable bonds is 5. The molecular weight excluding hydrogens is 677 g/mol. The summed E-state index contributed by atoms with van der Waals surface area (Å²) in [5, 5.41) is 6.08. The van der Waals surface area contributed by atoms with Crippen molar-refractivity contribution in [3.63, 3.8) is 0 Å². The maximum atomic E-state index is 5.37. The molecule has 4 nitrogen and oxygen atoms in total. The molecule has 0 spiro atoms. The van der Waals surface area contributed by atoms with Gasteiger partial charge in [0.15, 0.2) is 5.82 Å². The Labute approximate surface area is 315 Å². The van der Waals surface area contributed by atoms with Crippen LogP contribution < -0.4 is 0 Å². The van der Waals surface area contributed by atoms with Crippen LogP contribution in [0.4, 0.5) is 0 Å². The normalized spacial score (nSPS) is 11.7. The molecule has 0 aliphatic rings. The Morgan fingerprint density at radius 1 is 0.407 bits per heavy atom.